The summed E-state index contributed by atoms with van der Waals surface area (Å²) in [5.74, 6) is -0.196. The van der Waals surface area contributed by atoms with Crippen molar-refractivity contribution >= 4 is 5.78 Å². The Morgan fingerprint density at radius 2 is 1.95 bits per heavy atom. The lowest BCUT2D eigenvalue weighted by Crippen LogP contribution is -2.49. The van der Waals surface area contributed by atoms with Crippen molar-refractivity contribution < 1.29 is 9.18 Å². The molecule has 1 saturated heterocycles. The van der Waals surface area contributed by atoms with Crippen molar-refractivity contribution in [2.24, 2.45) is 5.73 Å². The van der Waals surface area contributed by atoms with Gasteiger partial charge in [0.25, 0.3) is 0 Å². The number of hydrogen-bond acceptors (Lipinski definition) is 4. The molecule has 2 atom stereocenters. The summed E-state index contributed by atoms with van der Waals surface area (Å²) in [6.07, 6.45) is -1.10. The van der Waals surface area contributed by atoms with Gasteiger partial charge in [-0.25, -0.2) is 4.39 Å². The smallest absolute Gasteiger partial charge is 0.179 e. The van der Waals surface area contributed by atoms with E-state index in [4.69, 9.17) is 5.73 Å². The molecule has 0 radical (unpaired) electrons. The fraction of sp³-hybridized carbons (Fsp3) is 0.500. The maximum Gasteiger partial charge on any atom is 0.179 e. The average molecular weight is 265 g/mol. The molecule has 0 bridgehead atoms. The van der Waals surface area contributed by atoms with E-state index in [1.807, 2.05) is 6.07 Å². The summed E-state index contributed by atoms with van der Waals surface area (Å²) in [6.45, 7) is 2.88. The van der Waals surface area contributed by atoms with E-state index in [1.54, 1.807) is 29.2 Å². The van der Waals surface area contributed by atoms with E-state index in [1.165, 1.54) is 0 Å². The van der Waals surface area contributed by atoms with E-state index < -0.39 is 12.3 Å². The van der Waals surface area contributed by atoms with E-state index >= 15 is 0 Å². The molecule has 2 rings (SSSR count). The fourth-order valence-electron chi connectivity index (χ4n) is 2.24. The minimum atomic E-state index is -1.15. The number of nitrogens with zero attached hydrogens (tertiary/aromatic N) is 1. The molecule has 1 aliphatic heterocycles. The molecule has 0 saturated carbocycles. The number of benzene rings is 1. The van der Waals surface area contributed by atoms with Gasteiger partial charge in [0, 0.05) is 38.2 Å². The van der Waals surface area contributed by atoms with E-state index in [0.717, 1.165) is 13.1 Å². The quantitative estimate of drug-likeness (QED) is 0.610. The van der Waals surface area contributed by atoms with E-state index in [9.17, 15) is 9.18 Å². The molecular formula is C14H20FN3O. The number of hydrogen-bond donors (Lipinski definition) is 2. The van der Waals surface area contributed by atoms with Crippen molar-refractivity contribution in [2.45, 2.75) is 18.8 Å². The summed E-state index contributed by atoms with van der Waals surface area (Å²) in [4.78, 5) is 13.8. The first-order valence-corrected chi connectivity index (χ1v) is 6.62. The molecule has 4 nitrogen and oxygen atoms in total. The maximum atomic E-state index is 14.1. The van der Waals surface area contributed by atoms with Crippen LogP contribution in [0.15, 0.2) is 30.3 Å². The number of carbonyl (C=O) groups excluding carboxylic acids is 1. The molecule has 2 unspecified atom stereocenters. The van der Waals surface area contributed by atoms with Crippen molar-refractivity contribution in [2.75, 3.05) is 26.2 Å². The molecule has 104 valence electrons. The minimum Gasteiger partial charge on any atom is -0.321 e. The molecule has 1 heterocycles. The van der Waals surface area contributed by atoms with Gasteiger partial charge in [0.1, 0.15) is 0 Å². The summed E-state index contributed by atoms with van der Waals surface area (Å²) in [5.41, 5.74) is 6.37. The number of rotatable bonds is 5. The Morgan fingerprint density at radius 1 is 1.32 bits per heavy atom. The van der Waals surface area contributed by atoms with Crippen LogP contribution in [0.1, 0.15) is 16.8 Å². The number of carbonyl (C=O) groups is 1. The predicted molar refractivity (Wildman–Crippen MR) is 72.7 cm³/mol. The molecular weight excluding hydrogens is 245 g/mol. The molecule has 0 amide bonds. The standard InChI is InChI=1S/C14H20FN3O/c15-13(18-8-6-17-7-9-18)10-12(16)14(19)11-4-2-1-3-5-11/h1-5,12-13,17H,6-10,16H2. The molecule has 0 spiro atoms. The van der Waals surface area contributed by atoms with Crippen LogP contribution in [-0.4, -0.2) is 49.2 Å². The van der Waals surface area contributed by atoms with Gasteiger partial charge in [-0.05, 0) is 0 Å². The number of alkyl halides is 1. The second-order valence-corrected chi connectivity index (χ2v) is 4.79. The molecule has 19 heavy (non-hydrogen) atoms. The Bertz CT molecular complexity index is 406. The molecule has 1 fully saturated rings. The monoisotopic (exact) mass is 265 g/mol. The third kappa shape index (κ3) is 3.83. The van der Waals surface area contributed by atoms with Gasteiger partial charge >= 0.3 is 0 Å². The number of halogens is 1. The maximum absolute atomic E-state index is 14.1. The number of piperazine rings is 1. The molecule has 1 aromatic rings. The second kappa shape index (κ2) is 6.75. The van der Waals surface area contributed by atoms with Crippen LogP contribution in [0.4, 0.5) is 4.39 Å². The van der Waals surface area contributed by atoms with Gasteiger partial charge in [0.05, 0.1) is 6.04 Å². The van der Waals surface area contributed by atoms with E-state index in [-0.39, 0.29) is 12.2 Å². The highest BCUT2D eigenvalue weighted by Crippen LogP contribution is 2.12. The van der Waals surface area contributed by atoms with Crippen LogP contribution in [0.3, 0.4) is 0 Å². The topological polar surface area (TPSA) is 58.4 Å². The van der Waals surface area contributed by atoms with Crippen LogP contribution >= 0.6 is 0 Å². The highest BCUT2D eigenvalue weighted by atomic mass is 19.1. The Labute approximate surface area is 112 Å². The van der Waals surface area contributed by atoms with Gasteiger partial charge in [-0.2, -0.15) is 0 Å². The molecule has 0 aliphatic carbocycles. The normalized spacial score (nSPS) is 19.9. The molecule has 1 aliphatic rings. The number of nitrogens with two attached hydrogens (primary N) is 1. The summed E-state index contributed by atoms with van der Waals surface area (Å²) >= 11 is 0. The summed E-state index contributed by atoms with van der Waals surface area (Å²) in [7, 11) is 0. The van der Waals surface area contributed by atoms with Crippen molar-refractivity contribution in [1.29, 1.82) is 0 Å². The zero-order chi connectivity index (χ0) is 13.7. The minimum absolute atomic E-state index is 0.0493. The second-order valence-electron chi connectivity index (χ2n) is 4.79. The summed E-state index contributed by atoms with van der Waals surface area (Å²) in [6, 6.07) is 8.03. The molecule has 5 heteroatoms. The molecule has 3 N–H and O–H groups in total. The first-order chi connectivity index (χ1) is 9.18. The van der Waals surface area contributed by atoms with Gasteiger partial charge in [-0.15, -0.1) is 0 Å². The van der Waals surface area contributed by atoms with Gasteiger partial charge in [-0.1, -0.05) is 30.3 Å². The van der Waals surface area contributed by atoms with Crippen molar-refractivity contribution in [3.05, 3.63) is 35.9 Å². The average Bonchev–Trinajstić information content (AvgIpc) is 2.48. The highest BCUT2D eigenvalue weighted by Gasteiger charge is 2.25. The summed E-state index contributed by atoms with van der Waals surface area (Å²) < 4.78 is 14.1. The number of nitrogens with one attached hydrogen (secondary N) is 1. The first kappa shape index (κ1) is 14.1. The fourth-order valence-corrected chi connectivity index (χ4v) is 2.24. The van der Waals surface area contributed by atoms with Crippen LogP contribution in [-0.2, 0) is 0 Å². The van der Waals surface area contributed by atoms with Gasteiger partial charge in [0.2, 0.25) is 0 Å². The van der Waals surface area contributed by atoms with Crippen LogP contribution in [0.2, 0.25) is 0 Å². The van der Waals surface area contributed by atoms with Crippen LogP contribution < -0.4 is 11.1 Å². The number of ketones is 1. The van der Waals surface area contributed by atoms with Gasteiger partial charge in [0.15, 0.2) is 12.1 Å². The largest absolute Gasteiger partial charge is 0.321 e. The van der Waals surface area contributed by atoms with Crippen LogP contribution in [0, 0.1) is 0 Å². The Kier molecular flexibility index (Phi) is 5.01. The van der Waals surface area contributed by atoms with Crippen molar-refractivity contribution in [3.63, 3.8) is 0 Å². The van der Waals surface area contributed by atoms with Crippen LogP contribution in [0.25, 0.3) is 0 Å². The first-order valence-electron chi connectivity index (χ1n) is 6.62. The van der Waals surface area contributed by atoms with Crippen LogP contribution in [0.5, 0.6) is 0 Å². The molecule has 0 aromatic heterocycles. The lowest BCUT2D eigenvalue weighted by Gasteiger charge is -2.31. The highest BCUT2D eigenvalue weighted by molar-refractivity contribution is 5.99. The molecule has 1 aromatic carbocycles. The zero-order valence-electron chi connectivity index (χ0n) is 10.9. The predicted octanol–water partition coefficient (Wildman–Crippen LogP) is 0.788. The zero-order valence-corrected chi connectivity index (χ0v) is 10.9. The lowest BCUT2D eigenvalue weighted by atomic mass is 10.0. The SMILES string of the molecule is NC(CC(F)N1CCNCC1)C(=O)c1ccccc1. The van der Waals surface area contributed by atoms with Crippen molar-refractivity contribution in [3.8, 4) is 0 Å². The Morgan fingerprint density at radius 3 is 2.58 bits per heavy atom. The van der Waals surface area contributed by atoms with Gasteiger partial charge in [-0.3, -0.25) is 9.69 Å². The number of Topliss-reactive ketones (excluding diaryl/α,β-unsaturated/α-hetero) is 1. The third-order valence-electron chi connectivity index (χ3n) is 3.39. The van der Waals surface area contributed by atoms with Gasteiger partial charge < -0.3 is 11.1 Å². The van der Waals surface area contributed by atoms with Crippen molar-refractivity contribution in [1.82, 2.24) is 10.2 Å². The Balaban J connectivity index is 1.89. The Hall–Kier alpha value is -1.30. The third-order valence-corrected chi connectivity index (χ3v) is 3.39. The van der Waals surface area contributed by atoms with E-state index in [2.05, 4.69) is 5.32 Å². The van der Waals surface area contributed by atoms with E-state index in [0.29, 0.717) is 18.7 Å². The summed E-state index contributed by atoms with van der Waals surface area (Å²) in [5, 5.41) is 3.17. The lowest BCUT2D eigenvalue weighted by molar-refractivity contribution is 0.0547.